The van der Waals surface area contributed by atoms with Crippen LogP contribution in [0.4, 0.5) is 11.4 Å². The van der Waals surface area contributed by atoms with E-state index in [2.05, 4.69) is 33.9 Å². The van der Waals surface area contributed by atoms with E-state index in [1.165, 1.54) is 12.4 Å². The van der Waals surface area contributed by atoms with Gasteiger partial charge in [-0.2, -0.15) is 0 Å². The first-order valence-corrected chi connectivity index (χ1v) is 10.1. The van der Waals surface area contributed by atoms with Crippen LogP contribution < -0.4 is 10.2 Å². The molecule has 7 nitrogen and oxygen atoms in total. The lowest BCUT2D eigenvalue weighted by atomic mass is 10.1. The first kappa shape index (κ1) is 20.8. The monoisotopic (exact) mass is 395 g/mol. The second-order valence-corrected chi connectivity index (χ2v) is 7.23. The molecule has 1 fully saturated rings. The summed E-state index contributed by atoms with van der Waals surface area (Å²) >= 11 is 0. The molecule has 2 amide bonds. The van der Waals surface area contributed by atoms with Gasteiger partial charge in [-0.3, -0.25) is 14.6 Å². The number of rotatable bonds is 6. The number of nitrogens with zero attached hydrogens (tertiary/aromatic N) is 4. The smallest absolute Gasteiger partial charge is 0.257 e. The number of nitrogens with one attached hydrogen (secondary N) is 1. The van der Waals surface area contributed by atoms with Crippen LogP contribution in [0.2, 0.25) is 0 Å². The molecule has 2 heterocycles. The van der Waals surface area contributed by atoms with Crippen LogP contribution in [0.25, 0.3) is 0 Å². The molecule has 0 atom stereocenters. The van der Waals surface area contributed by atoms with E-state index < -0.39 is 0 Å². The number of benzene rings is 1. The molecule has 0 bridgehead atoms. The molecule has 0 aliphatic carbocycles. The highest BCUT2D eigenvalue weighted by Gasteiger charge is 2.21. The minimum atomic E-state index is -0.277. The van der Waals surface area contributed by atoms with E-state index in [9.17, 15) is 9.59 Å². The predicted octanol–water partition coefficient (Wildman–Crippen LogP) is 2.57. The Hall–Kier alpha value is -2.93. The molecule has 1 aromatic heterocycles. The van der Waals surface area contributed by atoms with Crippen molar-refractivity contribution in [2.24, 2.45) is 0 Å². The molecular weight excluding hydrogens is 366 g/mol. The molecule has 1 N–H and O–H groups in total. The molecule has 154 valence electrons. The maximum atomic E-state index is 12.7. The molecule has 0 spiro atoms. The summed E-state index contributed by atoms with van der Waals surface area (Å²) in [5.74, 6) is -0.357. The van der Waals surface area contributed by atoms with Gasteiger partial charge in [-0.1, -0.05) is 0 Å². The molecule has 0 unspecified atom stereocenters. The van der Waals surface area contributed by atoms with Crippen molar-refractivity contribution in [1.82, 2.24) is 14.8 Å². The Morgan fingerprint density at radius 1 is 1.00 bits per heavy atom. The third-order valence-electron chi connectivity index (χ3n) is 5.29. The maximum Gasteiger partial charge on any atom is 0.257 e. The van der Waals surface area contributed by atoms with Crippen LogP contribution in [0.1, 0.15) is 34.6 Å². The van der Waals surface area contributed by atoms with Crippen LogP contribution in [0.3, 0.4) is 0 Å². The Balaban J connectivity index is 1.67. The predicted molar refractivity (Wildman–Crippen MR) is 116 cm³/mol. The summed E-state index contributed by atoms with van der Waals surface area (Å²) in [6, 6.07) is 9.38. The number of amides is 2. The number of carbonyl (C=O) groups excluding carboxylic acids is 2. The van der Waals surface area contributed by atoms with Gasteiger partial charge in [0.1, 0.15) is 0 Å². The highest BCUT2D eigenvalue weighted by Crippen LogP contribution is 2.18. The van der Waals surface area contributed by atoms with Crippen LogP contribution >= 0.6 is 0 Å². The zero-order valence-corrected chi connectivity index (χ0v) is 17.4. The number of piperazine rings is 1. The normalized spacial score (nSPS) is 14.5. The number of likely N-dealkylation sites (N-methyl/N-ethyl adjacent to an activating group) is 1. The van der Waals surface area contributed by atoms with Crippen LogP contribution in [-0.2, 0) is 0 Å². The summed E-state index contributed by atoms with van der Waals surface area (Å²) in [6.07, 6.45) is 3.01. The van der Waals surface area contributed by atoms with Crippen molar-refractivity contribution < 1.29 is 9.59 Å². The average molecular weight is 396 g/mol. The van der Waals surface area contributed by atoms with Gasteiger partial charge in [0.2, 0.25) is 0 Å². The van der Waals surface area contributed by atoms with E-state index in [-0.39, 0.29) is 11.8 Å². The molecule has 3 rings (SSSR count). The molecule has 1 aliphatic heterocycles. The van der Waals surface area contributed by atoms with Gasteiger partial charge in [0.25, 0.3) is 11.8 Å². The van der Waals surface area contributed by atoms with E-state index in [1.807, 2.05) is 36.2 Å². The molecule has 7 heteroatoms. The van der Waals surface area contributed by atoms with Gasteiger partial charge in [0.05, 0.1) is 11.1 Å². The van der Waals surface area contributed by atoms with E-state index in [0.717, 1.165) is 31.9 Å². The largest absolute Gasteiger partial charge is 0.372 e. The van der Waals surface area contributed by atoms with Crippen molar-refractivity contribution in [3.05, 3.63) is 53.9 Å². The Labute approximate surface area is 172 Å². The fourth-order valence-corrected chi connectivity index (χ4v) is 3.42. The van der Waals surface area contributed by atoms with Gasteiger partial charge < -0.3 is 20.0 Å². The molecule has 1 saturated heterocycles. The molecular formula is C22H29N5O2. The Kier molecular flexibility index (Phi) is 6.82. The standard InChI is InChI=1S/C22H29N5O2/c1-4-26(5-2)20-8-6-19(7-9-20)24-21(28)17-14-18(16-23-15-17)22(29)27-12-10-25(3)11-13-27/h6-9,14-16H,4-5,10-13H2,1-3H3,(H,24,28). The van der Waals surface area contributed by atoms with Crippen LogP contribution in [0.5, 0.6) is 0 Å². The average Bonchev–Trinajstić information content (AvgIpc) is 2.76. The number of hydrogen-bond donors (Lipinski definition) is 1. The van der Waals surface area contributed by atoms with Crippen LogP contribution in [0.15, 0.2) is 42.7 Å². The highest BCUT2D eigenvalue weighted by molar-refractivity contribution is 6.05. The maximum absolute atomic E-state index is 12.7. The lowest BCUT2D eigenvalue weighted by molar-refractivity contribution is 0.0663. The van der Waals surface area contributed by atoms with Crippen molar-refractivity contribution in [3.8, 4) is 0 Å². The minimum absolute atomic E-state index is 0.0798. The van der Waals surface area contributed by atoms with Crippen molar-refractivity contribution in [2.45, 2.75) is 13.8 Å². The Bertz CT molecular complexity index is 841. The zero-order valence-electron chi connectivity index (χ0n) is 17.4. The van der Waals surface area contributed by atoms with Gasteiger partial charge in [-0.05, 0) is 51.2 Å². The van der Waals surface area contributed by atoms with Gasteiger partial charge in [-0.15, -0.1) is 0 Å². The van der Waals surface area contributed by atoms with E-state index in [4.69, 9.17) is 0 Å². The second kappa shape index (κ2) is 9.52. The fourth-order valence-electron chi connectivity index (χ4n) is 3.42. The topological polar surface area (TPSA) is 68.8 Å². The van der Waals surface area contributed by atoms with E-state index >= 15 is 0 Å². The minimum Gasteiger partial charge on any atom is -0.372 e. The number of aromatic nitrogens is 1. The zero-order chi connectivity index (χ0) is 20.8. The summed E-state index contributed by atoms with van der Waals surface area (Å²) in [5, 5.41) is 2.88. The van der Waals surface area contributed by atoms with Gasteiger partial charge in [0.15, 0.2) is 0 Å². The summed E-state index contributed by atoms with van der Waals surface area (Å²) in [5.41, 5.74) is 2.65. The summed E-state index contributed by atoms with van der Waals surface area (Å²) in [7, 11) is 2.04. The third-order valence-corrected chi connectivity index (χ3v) is 5.29. The van der Waals surface area contributed by atoms with Crippen LogP contribution in [-0.4, -0.2) is 72.9 Å². The lowest BCUT2D eigenvalue weighted by Crippen LogP contribution is -2.47. The summed E-state index contributed by atoms with van der Waals surface area (Å²) in [4.78, 5) is 35.7. The number of anilines is 2. The molecule has 2 aromatic rings. The number of carbonyl (C=O) groups is 2. The van der Waals surface area contributed by atoms with Gasteiger partial charge in [-0.25, -0.2) is 0 Å². The Morgan fingerprint density at radius 3 is 2.24 bits per heavy atom. The van der Waals surface area contributed by atoms with E-state index in [0.29, 0.717) is 29.9 Å². The van der Waals surface area contributed by atoms with Crippen molar-refractivity contribution in [3.63, 3.8) is 0 Å². The highest BCUT2D eigenvalue weighted by atomic mass is 16.2. The first-order chi connectivity index (χ1) is 14.0. The van der Waals surface area contributed by atoms with Gasteiger partial charge in [0, 0.05) is 63.0 Å². The molecule has 1 aromatic carbocycles. The number of hydrogen-bond acceptors (Lipinski definition) is 5. The lowest BCUT2D eigenvalue weighted by Gasteiger charge is -2.32. The van der Waals surface area contributed by atoms with Gasteiger partial charge >= 0.3 is 0 Å². The first-order valence-electron chi connectivity index (χ1n) is 10.1. The van der Waals surface area contributed by atoms with Crippen molar-refractivity contribution in [1.29, 1.82) is 0 Å². The molecule has 0 saturated carbocycles. The SMILES string of the molecule is CCN(CC)c1ccc(NC(=O)c2cncc(C(=O)N3CCN(C)CC3)c2)cc1. The summed E-state index contributed by atoms with van der Waals surface area (Å²) in [6.45, 7) is 9.16. The number of pyridine rings is 1. The molecule has 1 aliphatic rings. The quantitative estimate of drug-likeness (QED) is 0.814. The van der Waals surface area contributed by atoms with E-state index in [1.54, 1.807) is 6.07 Å². The second-order valence-electron chi connectivity index (χ2n) is 7.23. The van der Waals surface area contributed by atoms with Crippen molar-refractivity contribution >= 4 is 23.2 Å². The molecule has 29 heavy (non-hydrogen) atoms. The Morgan fingerprint density at radius 2 is 1.62 bits per heavy atom. The molecule has 0 radical (unpaired) electrons. The third kappa shape index (κ3) is 5.12. The van der Waals surface area contributed by atoms with Crippen molar-refractivity contribution in [2.75, 3.05) is 56.5 Å². The summed E-state index contributed by atoms with van der Waals surface area (Å²) < 4.78 is 0. The van der Waals surface area contributed by atoms with Crippen LogP contribution in [0, 0.1) is 0 Å². The fraction of sp³-hybridized carbons (Fsp3) is 0.409.